The lowest BCUT2D eigenvalue weighted by atomic mass is 10.2. The van der Waals surface area contributed by atoms with Crippen LogP contribution in [0, 0.1) is 18.7 Å². The number of thiocarbonyl (C=S) groups is 1. The Balaban J connectivity index is 2.59. The predicted molar refractivity (Wildman–Crippen MR) is 70.2 cm³/mol. The van der Waals surface area contributed by atoms with E-state index in [1.165, 1.54) is 12.1 Å². The van der Waals surface area contributed by atoms with Gasteiger partial charge < -0.3 is 10.6 Å². The molecule has 1 aromatic carbocycles. The summed E-state index contributed by atoms with van der Waals surface area (Å²) < 4.78 is 13.0. The number of halogens is 1. The van der Waals surface area contributed by atoms with Gasteiger partial charge in [0.2, 0.25) is 0 Å². The normalized spacial score (nSPS) is 10.3. The Bertz CT molecular complexity index is 377. The molecule has 1 aromatic rings. The lowest BCUT2D eigenvalue weighted by Gasteiger charge is -2.13. The fourth-order valence-electron chi connectivity index (χ4n) is 1.19. The smallest absolute Gasteiger partial charge is 0.170 e. The molecular formula is C12H17FN2S. The van der Waals surface area contributed by atoms with Crippen LogP contribution < -0.4 is 10.6 Å². The third-order valence-electron chi connectivity index (χ3n) is 2.12. The van der Waals surface area contributed by atoms with E-state index in [2.05, 4.69) is 24.5 Å². The predicted octanol–water partition coefficient (Wildman–Crippen LogP) is 3.08. The fourth-order valence-corrected chi connectivity index (χ4v) is 1.39. The SMILES string of the molecule is Cc1ccc(F)cc1NC(=S)NCC(C)C. The van der Waals surface area contributed by atoms with E-state index in [9.17, 15) is 4.39 Å². The highest BCUT2D eigenvalue weighted by molar-refractivity contribution is 7.80. The van der Waals surface area contributed by atoms with Crippen LogP contribution in [0.2, 0.25) is 0 Å². The summed E-state index contributed by atoms with van der Waals surface area (Å²) in [5.41, 5.74) is 1.68. The van der Waals surface area contributed by atoms with Crippen molar-refractivity contribution < 1.29 is 4.39 Å². The molecule has 0 fully saturated rings. The van der Waals surface area contributed by atoms with Gasteiger partial charge in [0, 0.05) is 12.2 Å². The average molecular weight is 240 g/mol. The second-order valence-corrected chi connectivity index (χ2v) is 4.60. The highest BCUT2D eigenvalue weighted by Crippen LogP contribution is 2.15. The van der Waals surface area contributed by atoms with Crippen LogP contribution >= 0.6 is 12.2 Å². The Hall–Kier alpha value is -1.16. The molecule has 0 bridgehead atoms. The minimum absolute atomic E-state index is 0.264. The summed E-state index contributed by atoms with van der Waals surface area (Å²) in [6, 6.07) is 4.60. The summed E-state index contributed by atoms with van der Waals surface area (Å²) in [6.45, 7) is 6.92. The third-order valence-corrected chi connectivity index (χ3v) is 2.37. The van der Waals surface area contributed by atoms with Gasteiger partial charge in [0.05, 0.1) is 0 Å². The lowest BCUT2D eigenvalue weighted by Crippen LogP contribution is -2.31. The van der Waals surface area contributed by atoms with Crippen molar-refractivity contribution in [3.8, 4) is 0 Å². The van der Waals surface area contributed by atoms with Crippen LogP contribution in [0.25, 0.3) is 0 Å². The van der Waals surface area contributed by atoms with E-state index in [4.69, 9.17) is 12.2 Å². The van der Waals surface area contributed by atoms with Gasteiger partial charge in [0.25, 0.3) is 0 Å². The summed E-state index contributed by atoms with van der Waals surface area (Å²) in [5, 5.41) is 6.59. The van der Waals surface area contributed by atoms with Crippen molar-refractivity contribution in [2.24, 2.45) is 5.92 Å². The molecule has 0 saturated heterocycles. The van der Waals surface area contributed by atoms with Crippen LogP contribution in [0.3, 0.4) is 0 Å². The molecule has 16 heavy (non-hydrogen) atoms. The fraction of sp³-hybridized carbons (Fsp3) is 0.417. The van der Waals surface area contributed by atoms with E-state index >= 15 is 0 Å². The molecule has 1 rings (SSSR count). The highest BCUT2D eigenvalue weighted by Gasteiger charge is 2.03. The van der Waals surface area contributed by atoms with Crippen molar-refractivity contribution >= 4 is 23.0 Å². The number of hydrogen-bond donors (Lipinski definition) is 2. The Morgan fingerprint density at radius 2 is 2.12 bits per heavy atom. The zero-order chi connectivity index (χ0) is 12.1. The summed E-state index contributed by atoms with van der Waals surface area (Å²) in [7, 11) is 0. The largest absolute Gasteiger partial charge is 0.362 e. The van der Waals surface area contributed by atoms with Crippen LogP contribution in [0.5, 0.6) is 0 Å². The molecule has 0 aliphatic heterocycles. The van der Waals surface area contributed by atoms with E-state index in [1.54, 1.807) is 6.07 Å². The monoisotopic (exact) mass is 240 g/mol. The summed E-state index contributed by atoms with van der Waals surface area (Å²) >= 11 is 5.11. The van der Waals surface area contributed by atoms with Gasteiger partial charge in [-0.2, -0.15) is 0 Å². The summed E-state index contributed by atoms with van der Waals surface area (Å²) in [6.07, 6.45) is 0. The molecule has 0 atom stereocenters. The van der Waals surface area contributed by atoms with Gasteiger partial charge in [0.1, 0.15) is 5.82 Å². The van der Waals surface area contributed by atoms with E-state index in [-0.39, 0.29) is 5.82 Å². The van der Waals surface area contributed by atoms with Crippen LogP contribution in [0.4, 0.5) is 10.1 Å². The van der Waals surface area contributed by atoms with Gasteiger partial charge in [0.15, 0.2) is 5.11 Å². The maximum Gasteiger partial charge on any atom is 0.170 e. The zero-order valence-corrected chi connectivity index (χ0v) is 10.6. The van der Waals surface area contributed by atoms with Crippen molar-refractivity contribution in [3.05, 3.63) is 29.6 Å². The molecule has 2 N–H and O–H groups in total. The van der Waals surface area contributed by atoms with Crippen LogP contribution in [-0.2, 0) is 0 Å². The van der Waals surface area contributed by atoms with Crippen molar-refractivity contribution in [1.82, 2.24) is 5.32 Å². The summed E-state index contributed by atoms with van der Waals surface area (Å²) in [4.78, 5) is 0. The molecule has 0 heterocycles. The van der Waals surface area contributed by atoms with Crippen molar-refractivity contribution in [3.63, 3.8) is 0 Å². The van der Waals surface area contributed by atoms with Crippen molar-refractivity contribution in [2.45, 2.75) is 20.8 Å². The van der Waals surface area contributed by atoms with Crippen molar-refractivity contribution in [1.29, 1.82) is 0 Å². The molecule has 4 heteroatoms. The van der Waals surface area contributed by atoms with E-state index in [0.717, 1.165) is 12.1 Å². The van der Waals surface area contributed by atoms with E-state index in [0.29, 0.717) is 16.7 Å². The van der Waals surface area contributed by atoms with Crippen LogP contribution in [-0.4, -0.2) is 11.7 Å². The van der Waals surface area contributed by atoms with Gasteiger partial charge in [-0.25, -0.2) is 4.39 Å². The minimum Gasteiger partial charge on any atom is -0.362 e. The first-order valence-electron chi connectivity index (χ1n) is 5.30. The molecule has 0 unspecified atom stereocenters. The zero-order valence-electron chi connectivity index (χ0n) is 9.80. The minimum atomic E-state index is -0.264. The number of rotatable bonds is 3. The Morgan fingerprint density at radius 1 is 1.44 bits per heavy atom. The maximum absolute atomic E-state index is 13.0. The molecule has 0 spiro atoms. The first kappa shape index (κ1) is 12.9. The molecule has 0 aliphatic carbocycles. The van der Waals surface area contributed by atoms with Crippen LogP contribution in [0.15, 0.2) is 18.2 Å². The molecule has 88 valence electrons. The van der Waals surface area contributed by atoms with E-state index in [1.807, 2.05) is 6.92 Å². The Morgan fingerprint density at radius 3 is 2.75 bits per heavy atom. The Labute approximate surface area is 101 Å². The van der Waals surface area contributed by atoms with Gasteiger partial charge in [-0.1, -0.05) is 19.9 Å². The van der Waals surface area contributed by atoms with Gasteiger partial charge in [-0.15, -0.1) is 0 Å². The van der Waals surface area contributed by atoms with E-state index < -0.39 is 0 Å². The number of nitrogens with one attached hydrogen (secondary N) is 2. The average Bonchev–Trinajstić information content (AvgIpc) is 2.20. The standard InChI is InChI=1S/C12H17FN2S/c1-8(2)7-14-12(16)15-11-6-10(13)5-4-9(11)3/h4-6,8H,7H2,1-3H3,(H2,14,15,16). The third kappa shape index (κ3) is 4.14. The lowest BCUT2D eigenvalue weighted by molar-refractivity contribution is 0.625. The summed E-state index contributed by atoms with van der Waals surface area (Å²) in [5.74, 6) is 0.258. The highest BCUT2D eigenvalue weighted by atomic mass is 32.1. The quantitative estimate of drug-likeness (QED) is 0.794. The molecular weight excluding hydrogens is 223 g/mol. The molecule has 0 amide bonds. The molecule has 0 radical (unpaired) electrons. The number of hydrogen-bond acceptors (Lipinski definition) is 1. The molecule has 2 nitrogen and oxygen atoms in total. The number of anilines is 1. The second-order valence-electron chi connectivity index (χ2n) is 4.19. The molecule has 0 aliphatic rings. The van der Waals surface area contributed by atoms with Gasteiger partial charge in [-0.05, 0) is 42.8 Å². The maximum atomic E-state index is 13.0. The number of benzene rings is 1. The Kier molecular flexibility index (Phi) is 4.68. The first-order chi connectivity index (χ1) is 7.49. The molecule has 0 aromatic heterocycles. The van der Waals surface area contributed by atoms with Crippen LogP contribution in [0.1, 0.15) is 19.4 Å². The van der Waals surface area contributed by atoms with Gasteiger partial charge in [-0.3, -0.25) is 0 Å². The molecule has 0 saturated carbocycles. The topological polar surface area (TPSA) is 24.1 Å². The van der Waals surface area contributed by atoms with Gasteiger partial charge >= 0.3 is 0 Å². The second kappa shape index (κ2) is 5.80. The first-order valence-corrected chi connectivity index (χ1v) is 5.71. The van der Waals surface area contributed by atoms with Crippen molar-refractivity contribution in [2.75, 3.05) is 11.9 Å². The number of aryl methyl sites for hydroxylation is 1.